The second-order valence-electron chi connectivity index (χ2n) is 9.97. The van der Waals surface area contributed by atoms with Crippen LogP contribution < -0.4 is 5.32 Å². The fraction of sp³-hybridized carbons (Fsp3) is 0.226. The largest absolute Gasteiger partial charge is 0.357 e. The van der Waals surface area contributed by atoms with Gasteiger partial charge >= 0.3 is 0 Å². The molecule has 0 radical (unpaired) electrons. The minimum Gasteiger partial charge on any atom is -0.357 e. The number of fused-ring (bicyclic) bond motifs is 4. The zero-order valence-corrected chi connectivity index (χ0v) is 21.5. The summed E-state index contributed by atoms with van der Waals surface area (Å²) in [5.74, 6) is -0.743. The molecule has 0 spiro atoms. The number of carbonyl (C=O) groups excluding carboxylic acids is 2. The normalized spacial score (nSPS) is 17.4. The van der Waals surface area contributed by atoms with Gasteiger partial charge in [0, 0.05) is 66.1 Å². The molecule has 2 amide bonds. The van der Waals surface area contributed by atoms with E-state index in [-0.39, 0.29) is 11.8 Å². The van der Waals surface area contributed by atoms with Gasteiger partial charge in [-0.05, 0) is 60.9 Å². The van der Waals surface area contributed by atoms with Crippen LogP contribution in [-0.2, 0) is 18.4 Å². The number of aromatic nitrogens is 2. The molecule has 0 fully saturated rings. The van der Waals surface area contributed by atoms with Crippen LogP contribution in [-0.4, -0.2) is 32.9 Å². The van der Waals surface area contributed by atoms with Crippen molar-refractivity contribution in [3.8, 4) is 0 Å². The van der Waals surface area contributed by atoms with Crippen molar-refractivity contribution in [1.29, 1.82) is 0 Å². The Morgan fingerprint density at radius 2 is 1.62 bits per heavy atom. The third kappa shape index (κ3) is 3.55. The molecular weight excluding hydrogens is 460 g/mol. The van der Waals surface area contributed by atoms with Gasteiger partial charge in [-0.3, -0.25) is 9.59 Å². The molecule has 3 aromatic carbocycles. The Hall–Kier alpha value is -4.32. The number of hydrogen-bond donors (Lipinski definition) is 1. The summed E-state index contributed by atoms with van der Waals surface area (Å²) in [6.45, 7) is 5.04. The lowest BCUT2D eigenvalue weighted by molar-refractivity contribution is -0.119. The Bertz CT molecular complexity index is 1690. The van der Waals surface area contributed by atoms with E-state index in [1.165, 1.54) is 10.9 Å². The molecule has 0 saturated carbocycles. The van der Waals surface area contributed by atoms with Crippen LogP contribution in [0.15, 0.2) is 79.1 Å². The topological polar surface area (TPSA) is 59.3 Å². The Labute approximate surface area is 216 Å². The molecule has 0 bridgehead atoms. The highest BCUT2D eigenvalue weighted by Gasteiger charge is 2.43. The smallest absolute Gasteiger partial charge is 0.254 e. The van der Waals surface area contributed by atoms with Crippen LogP contribution in [0.4, 0.5) is 5.69 Å². The van der Waals surface area contributed by atoms with Crippen LogP contribution in [0.5, 0.6) is 0 Å². The van der Waals surface area contributed by atoms with Crippen molar-refractivity contribution in [2.75, 3.05) is 12.4 Å². The van der Waals surface area contributed by atoms with Gasteiger partial charge in [0.05, 0.1) is 12.0 Å². The van der Waals surface area contributed by atoms with Crippen LogP contribution in [0.3, 0.4) is 0 Å². The van der Waals surface area contributed by atoms with E-state index in [0.717, 1.165) is 39.8 Å². The van der Waals surface area contributed by atoms with Gasteiger partial charge < -0.3 is 19.4 Å². The first-order valence-corrected chi connectivity index (χ1v) is 12.7. The zero-order valence-electron chi connectivity index (χ0n) is 21.5. The SMILES string of the molecule is CCn1c2ccccc2c2cc(NC(=O)C3c4ccccc4C(=O)N(C)C3c3cn(C)cc3C)ccc21. The lowest BCUT2D eigenvalue weighted by Gasteiger charge is -2.39. The Morgan fingerprint density at radius 3 is 2.38 bits per heavy atom. The van der Waals surface area contributed by atoms with Crippen molar-refractivity contribution in [2.24, 2.45) is 7.05 Å². The third-order valence-electron chi connectivity index (χ3n) is 7.73. The molecule has 6 nitrogen and oxygen atoms in total. The highest BCUT2D eigenvalue weighted by molar-refractivity contribution is 6.10. The first-order valence-electron chi connectivity index (χ1n) is 12.7. The van der Waals surface area contributed by atoms with Crippen molar-refractivity contribution >= 4 is 39.3 Å². The number of hydrogen-bond acceptors (Lipinski definition) is 2. The maximum absolute atomic E-state index is 14.1. The summed E-state index contributed by atoms with van der Waals surface area (Å²) in [7, 11) is 3.76. The second kappa shape index (κ2) is 8.66. The number of nitrogens with one attached hydrogen (secondary N) is 1. The number of benzene rings is 3. The van der Waals surface area contributed by atoms with Crippen LogP contribution in [0.2, 0.25) is 0 Å². The maximum Gasteiger partial charge on any atom is 0.254 e. The van der Waals surface area contributed by atoms with Gasteiger partial charge in [0.1, 0.15) is 0 Å². The summed E-state index contributed by atoms with van der Waals surface area (Å²) in [5.41, 5.74) is 6.46. The van der Waals surface area contributed by atoms with E-state index in [0.29, 0.717) is 5.56 Å². The van der Waals surface area contributed by atoms with Gasteiger partial charge in [-0.2, -0.15) is 0 Å². The van der Waals surface area contributed by atoms with Gasteiger partial charge in [0.15, 0.2) is 0 Å². The predicted octanol–water partition coefficient (Wildman–Crippen LogP) is 6.01. The molecule has 3 heterocycles. The standard InChI is InChI=1S/C31H30N4O2/c1-5-35-26-13-9-8-10-21(26)24-16-20(14-15-27(24)35)32-30(36)28-22-11-6-7-12-23(22)31(37)34(4)29(28)25-18-33(3)17-19(25)2/h6-18,28-29H,5H2,1-4H3,(H,32,36). The number of carbonyl (C=O) groups is 2. The Morgan fingerprint density at radius 1 is 0.892 bits per heavy atom. The molecule has 6 heteroatoms. The summed E-state index contributed by atoms with van der Waals surface area (Å²) >= 11 is 0. The maximum atomic E-state index is 14.1. The van der Waals surface area contributed by atoms with Crippen molar-refractivity contribution in [3.05, 3.63) is 101 Å². The Balaban J connectivity index is 1.45. The van der Waals surface area contributed by atoms with E-state index >= 15 is 0 Å². The van der Waals surface area contributed by atoms with Crippen molar-refractivity contribution in [2.45, 2.75) is 32.4 Å². The average molecular weight is 491 g/mol. The molecule has 186 valence electrons. The highest BCUT2D eigenvalue weighted by Crippen LogP contribution is 2.44. The molecule has 5 aromatic rings. The summed E-state index contributed by atoms with van der Waals surface area (Å²) < 4.78 is 4.28. The van der Waals surface area contributed by atoms with Gasteiger partial charge in [-0.25, -0.2) is 0 Å². The van der Waals surface area contributed by atoms with E-state index in [1.54, 1.807) is 11.9 Å². The molecule has 1 N–H and O–H groups in total. The number of nitrogens with zero attached hydrogens (tertiary/aromatic N) is 3. The molecule has 0 saturated heterocycles. The van der Waals surface area contributed by atoms with Gasteiger partial charge in [0.2, 0.25) is 5.91 Å². The number of para-hydroxylation sites is 1. The quantitative estimate of drug-likeness (QED) is 0.335. The fourth-order valence-corrected chi connectivity index (χ4v) is 6.09. The third-order valence-corrected chi connectivity index (χ3v) is 7.73. The molecule has 37 heavy (non-hydrogen) atoms. The van der Waals surface area contributed by atoms with Crippen LogP contribution >= 0.6 is 0 Å². The van der Waals surface area contributed by atoms with Crippen molar-refractivity contribution in [1.82, 2.24) is 14.0 Å². The minimum atomic E-state index is -0.548. The molecule has 2 aromatic heterocycles. The van der Waals surface area contributed by atoms with Crippen molar-refractivity contribution < 1.29 is 9.59 Å². The minimum absolute atomic E-state index is 0.0679. The van der Waals surface area contributed by atoms with E-state index in [1.807, 2.05) is 67.3 Å². The molecule has 1 aliphatic rings. The van der Waals surface area contributed by atoms with Gasteiger partial charge in [-0.15, -0.1) is 0 Å². The van der Waals surface area contributed by atoms with Gasteiger partial charge in [0.25, 0.3) is 5.91 Å². The molecule has 2 atom stereocenters. The number of amides is 2. The number of likely N-dealkylation sites (N-methyl/N-ethyl adjacent to an activating group) is 1. The lowest BCUT2D eigenvalue weighted by Crippen LogP contribution is -2.44. The summed E-state index contributed by atoms with van der Waals surface area (Å²) in [6, 6.07) is 21.5. The Kier molecular flexibility index (Phi) is 5.41. The molecule has 1 aliphatic heterocycles. The monoisotopic (exact) mass is 490 g/mol. The van der Waals surface area contributed by atoms with Crippen LogP contribution in [0.1, 0.15) is 45.9 Å². The first-order chi connectivity index (χ1) is 17.9. The number of anilines is 1. The molecule has 6 rings (SSSR count). The van der Waals surface area contributed by atoms with E-state index in [9.17, 15) is 9.59 Å². The molecule has 0 aliphatic carbocycles. The van der Waals surface area contributed by atoms with Crippen molar-refractivity contribution in [3.63, 3.8) is 0 Å². The van der Waals surface area contributed by atoms with Gasteiger partial charge in [-0.1, -0.05) is 36.4 Å². The van der Waals surface area contributed by atoms with Crippen LogP contribution in [0.25, 0.3) is 21.8 Å². The van der Waals surface area contributed by atoms with Crippen LogP contribution in [0, 0.1) is 6.92 Å². The fourth-order valence-electron chi connectivity index (χ4n) is 6.09. The van der Waals surface area contributed by atoms with E-state index in [4.69, 9.17) is 0 Å². The summed E-state index contributed by atoms with van der Waals surface area (Å²) in [4.78, 5) is 29.1. The molecular formula is C31H30N4O2. The number of aryl methyl sites for hydroxylation is 3. The number of rotatable bonds is 4. The van der Waals surface area contributed by atoms with E-state index in [2.05, 4.69) is 47.1 Å². The summed E-state index contributed by atoms with van der Waals surface area (Å²) in [5, 5.41) is 5.49. The predicted molar refractivity (Wildman–Crippen MR) is 148 cm³/mol. The molecule has 2 unspecified atom stereocenters. The summed E-state index contributed by atoms with van der Waals surface area (Å²) in [6.07, 6.45) is 4.05. The first kappa shape index (κ1) is 23.1. The average Bonchev–Trinajstić information content (AvgIpc) is 3.40. The zero-order chi connectivity index (χ0) is 25.8. The van der Waals surface area contributed by atoms with E-state index < -0.39 is 12.0 Å². The lowest BCUT2D eigenvalue weighted by atomic mass is 9.79. The second-order valence-corrected chi connectivity index (χ2v) is 9.97. The highest BCUT2D eigenvalue weighted by atomic mass is 16.2.